The maximum Gasteiger partial charge on any atom is 0.336 e. The average Bonchev–Trinajstić information content (AvgIpc) is 3.13. The lowest BCUT2D eigenvalue weighted by Crippen LogP contribution is -2.20. The molecule has 3 rings (SSSR count). The summed E-state index contributed by atoms with van der Waals surface area (Å²) in [5, 5.41) is 13.2. The molecule has 0 spiro atoms. The quantitative estimate of drug-likeness (QED) is 0.503. The summed E-state index contributed by atoms with van der Waals surface area (Å²) in [6.07, 6.45) is 1.62. The predicted octanol–water partition coefficient (Wildman–Crippen LogP) is 3.95. The molecule has 0 fully saturated rings. The number of hydrogen-bond acceptors (Lipinski definition) is 4. The minimum Gasteiger partial charge on any atom is -0.478 e. The van der Waals surface area contributed by atoms with Gasteiger partial charge in [0, 0.05) is 5.56 Å². The van der Waals surface area contributed by atoms with Crippen LogP contribution in [0, 0.1) is 13.8 Å². The Bertz CT molecular complexity index is 1050. The molecule has 0 saturated carbocycles. The number of carbonyl (C=O) groups excluding carboxylic acids is 1. The van der Waals surface area contributed by atoms with Gasteiger partial charge >= 0.3 is 5.97 Å². The van der Waals surface area contributed by atoms with Gasteiger partial charge in [0.2, 0.25) is 5.91 Å². The van der Waals surface area contributed by atoms with Gasteiger partial charge in [-0.1, -0.05) is 42.0 Å². The van der Waals surface area contributed by atoms with Crippen LogP contribution in [0.25, 0.3) is 11.3 Å². The minimum atomic E-state index is -1.03. The Morgan fingerprint density at radius 3 is 2.64 bits per heavy atom. The standard InChI is InChI=1S/C22H20N2O4/c1-14-7-8-16(15(2)11-14)12-21(25)24-23-13-17-9-10-20(28-17)18-5-3-4-6-19(18)22(26)27/h3-11,13H,12H2,1-2H3,(H,24,25)(H,26,27)/b23-13-. The molecule has 0 aliphatic rings. The van der Waals surface area contributed by atoms with Crippen molar-refractivity contribution in [3.63, 3.8) is 0 Å². The van der Waals surface area contributed by atoms with E-state index in [4.69, 9.17) is 4.42 Å². The fourth-order valence-electron chi connectivity index (χ4n) is 2.88. The molecule has 1 heterocycles. The number of aryl methyl sites for hydroxylation is 2. The molecule has 0 bridgehead atoms. The highest BCUT2D eigenvalue weighted by molar-refractivity contribution is 5.95. The first-order valence-corrected chi connectivity index (χ1v) is 8.74. The van der Waals surface area contributed by atoms with Crippen LogP contribution in [-0.4, -0.2) is 23.2 Å². The number of amides is 1. The molecule has 0 aliphatic carbocycles. The van der Waals surface area contributed by atoms with Gasteiger partial charge in [0.05, 0.1) is 18.2 Å². The molecular weight excluding hydrogens is 356 g/mol. The fourth-order valence-corrected chi connectivity index (χ4v) is 2.88. The topological polar surface area (TPSA) is 91.9 Å². The van der Waals surface area contributed by atoms with Crippen molar-refractivity contribution in [2.24, 2.45) is 5.10 Å². The Morgan fingerprint density at radius 1 is 1.11 bits per heavy atom. The van der Waals surface area contributed by atoms with Gasteiger partial charge < -0.3 is 9.52 Å². The van der Waals surface area contributed by atoms with Gasteiger partial charge in [0.1, 0.15) is 11.5 Å². The average molecular weight is 376 g/mol. The van der Waals surface area contributed by atoms with Crippen molar-refractivity contribution in [3.8, 4) is 11.3 Å². The van der Waals surface area contributed by atoms with Gasteiger partial charge in [-0.3, -0.25) is 4.79 Å². The summed E-state index contributed by atoms with van der Waals surface area (Å²) < 4.78 is 5.63. The van der Waals surface area contributed by atoms with Crippen LogP contribution in [0.15, 0.2) is 64.1 Å². The molecule has 142 valence electrons. The summed E-state index contributed by atoms with van der Waals surface area (Å²) in [5.74, 6) is -0.435. The SMILES string of the molecule is Cc1ccc(CC(=O)N/N=C\c2ccc(-c3ccccc3C(=O)O)o2)c(C)c1. The van der Waals surface area contributed by atoms with E-state index in [0.717, 1.165) is 16.7 Å². The van der Waals surface area contributed by atoms with E-state index in [2.05, 4.69) is 10.5 Å². The largest absolute Gasteiger partial charge is 0.478 e. The van der Waals surface area contributed by atoms with Crippen LogP contribution in [-0.2, 0) is 11.2 Å². The second-order valence-corrected chi connectivity index (χ2v) is 6.45. The van der Waals surface area contributed by atoms with Gasteiger partial charge in [-0.05, 0) is 43.2 Å². The lowest BCUT2D eigenvalue weighted by Gasteiger charge is -2.05. The summed E-state index contributed by atoms with van der Waals surface area (Å²) in [6.45, 7) is 3.98. The van der Waals surface area contributed by atoms with Crippen molar-refractivity contribution < 1.29 is 19.1 Å². The third-order valence-corrected chi connectivity index (χ3v) is 4.28. The first kappa shape index (κ1) is 19.1. The Labute approximate surface area is 162 Å². The number of hydrazone groups is 1. The number of benzene rings is 2. The number of carboxylic acids is 1. The molecule has 1 aromatic heterocycles. The molecule has 0 aliphatic heterocycles. The van der Waals surface area contributed by atoms with Crippen LogP contribution in [0.4, 0.5) is 0 Å². The van der Waals surface area contributed by atoms with Crippen LogP contribution < -0.4 is 5.43 Å². The van der Waals surface area contributed by atoms with Crippen molar-refractivity contribution in [2.75, 3.05) is 0 Å². The third-order valence-electron chi connectivity index (χ3n) is 4.28. The smallest absolute Gasteiger partial charge is 0.336 e. The van der Waals surface area contributed by atoms with Gasteiger partial charge in [-0.25, -0.2) is 10.2 Å². The summed E-state index contributed by atoms with van der Waals surface area (Å²) in [6, 6.07) is 15.9. The fraction of sp³-hybridized carbons (Fsp3) is 0.136. The summed E-state index contributed by atoms with van der Waals surface area (Å²) >= 11 is 0. The van der Waals surface area contributed by atoms with Crippen molar-refractivity contribution in [3.05, 3.63) is 82.6 Å². The van der Waals surface area contributed by atoms with Gasteiger partial charge in [-0.15, -0.1) is 0 Å². The molecule has 0 unspecified atom stereocenters. The molecule has 0 saturated heterocycles. The number of rotatable bonds is 6. The van der Waals surface area contributed by atoms with Crippen LogP contribution in [0.5, 0.6) is 0 Å². The lowest BCUT2D eigenvalue weighted by molar-refractivity contribution is -0.120. The van der Waals surface area contributed by atoms with E-state index in [-0.39, 0.29) is 17.9 Å². The van der Waals surface area contributed by atoms with Gasteiger partial charge in [0.15, 0.2) is 0 Å². The molecular formula is C22H20N2O4. The highest BCUT2D eigenvalue weighted by atomic mass is 16.4. The zero-order valence-electron chi connectivity index (χ0n) is 15.6. The molecule has 2 aromatic carbocycles. The maximum atomic E-state index is 12.1. The molecule has 6 nitrogen and oxygen atoms in total. The molecule has 0 radical (unpaired) electrons. The molecule has 0 atom stereocenters. The second kappa shape index (κ2) is 8.35. The van der Waals surface area contributed by atoms with Gasteiger partial charge in [-0.2, -0.15) is 5.10 Å². The van der Waals surface area contributed by atoms with Crippen molar-refractivity contribution in [1.29, 1.82) is 0 Å². The maximum absolute atomic E-state index is 12.1. The second-order valence-electron chi connectivity index (χ2n) is 6.45. The van der Waals surface area contributed by atoms with E-state index in [1.807, 2.05) is 32.0 Å². The van der Waals surface area contributed by atoms with Gasteiger partial charge in [0.25, 0.3) is 0 Å². The van der Waals surface area contributed by atoms with E-state index in [9.17, 15) is 14.7 Å². The number of carboxylic acid groups (broad SMARTS) is 1. The van der Waals surface area contributed by atoms with Crippen molar-refractivity contribution in [2.45, 2.75) is 20.3 Å². The van der Waals surface area contributed by atoms with E-state index >= 15 is 0 Å². The molecule has 28 heavy (non-hydrogen) atoms. The van der Waals surface area contributed by atoms with Crippen molar-refractivity contribution in [1.82, 2.24) is 5.43 Å². The first-order chi connectivity index (χ1) is 13.4. The minimum absolute atomic E-state index is 0.155. The summed E-state index contributed by atoms with van der Waals surface area (Å²) in [4.78, 5) is 23.4. The van der Waals surface area contributed by atoms with Crippen LogP contribution in [0.3, 0.4) is 0 Å². The molecule has 2 N–H and O–H groups in total. The lowest BCUT2D eigenvalue weighted by atomic mass is 10.0. The highest BCUT2D eigenvalue weighted by Crippen LogP contribution is 2.25. The Kier molecular flexibility index (Phi) is 5.69. The normalized spacial score (nSPS) is 10.9. The number of aromatic carboxylic acids is 1. The number of nitrogens with one attached hydrogen (secondary N) is 1. The number of hydrogen-bond donors (Lipinski definition) is 2. The number of nitrogens with zero attached hydrogens (tertiary/aromatic N) is 1. The monoisotopic (exact) mass is 376 g/mol. The first-order valence-electron chi connectivity index (χ1n) is 8.74. The zero-order chi connectivity index (χ0) is 20.1. The van der Waals surface area contributed by atoms with Crippen LogP contribution in [0.1, 0.15) is 32.8 Å². The Morgan fingerprint density at radius 2 is 1.89 bits per heavy atom. The zero-order valence-corrected chi connectivity index (χ0v) is 15.6. The summed E-state index contributed by atoms with van der Waals surface area (Å²) in [7, 11) is 0. The van der Waals surface area contributed by atoms with E-state index < -0.39 is 5.97 Å². The molecule has 1 amide bonds. The molecule has 3 aromatic rings. The Balaban J connectivity index is 1.64. The van der Waals surface area contributed by atoms with Crippen molar-refractivity contribution >= 4 is 18.1 Å². The van der Waals surface area contributed by atoms with E-state index in [0.29, 0.717) is 17.1 Å². The van der Waals surface area contributed by atoms with E-state index in [1.165, 1.54) is 12.3 Å². The van der Waals surface area contributed by atoms with Crippen LogP contribution >= 0.6 is 0 Å². The Hall–Kier alpha value is -3.67. The number of carbonyl (C=O) groups is 2. The number of furan rings is 1. The molecule has 6 heteroatoms. The van der Waals surface area contributed by atoms with Crippen LogP contribution in [0.2, 0.25) is 0 Å². The highest BCUT2D eigenvalue weighted by Gasteiger charge is 2.13. The predicted molar refractivity (Wildman–Crippen MR) is 106 cm³/mol. The summed E-state index contributed by atoms with van der Waals surface area (Å²) in [5.41, 5.74) is 6.27. The third kappa shape index (κ3) is 4.54. The van der Waals surface area contributed by atoms with E-state index in [1.54, 1.807) is 30.3 Å².